The molecule has 1 aliphatic heterocycles. The molecule has 0 unspecified atom stereocenters. The molecule has 1 fully saturated rings. The lowest BCUT2D eigenvalue weighted by atomic mass is 10.00. The molecule has 4 rings (SSSR count). The molecule has 9 amide bonds. The predicted octanol–water partition coefficient (Wildman–Crippen LogP) is -1.31. The Hall–Kier alpha value is -8.57. The second kappa shape index (κ2) is 28.5. The summed E-state index contributed by atoms with van der Waals surface area (Å²) in [4.78, 5) is 148. The van der Waals surface area contributed by atoms with Gasteiger partial charge in [0, 0.05) is 38.5 Å². The van der Waals surface area contributed by atoms with Crippen LogP contribution in [0.15, 0.2) is 78.9 Å². The van der Waals surface area contributed by atoms with Gasteiger partial charge in [0.15, 0.2) is 0 Å². The topological polar surface area (TPSA) is 391 Å². The molecule has 0 radical (unpaired) electrons. The van der Waals surface area contributed by atoms with Crippen molar-refractivity contribution < 1.29 is 73.2 Å². The normalized spacial score (nSPS) is 22.3. The molecule has 14 N–H and O–H groups in total. The quantitative estimate of drug-likeness (QED) is 0.0841. The van der Waals surface area contributed by atoms with E-state index < -0.39 is 152 Å². The fourth-order valence-electron chi connectivity index (χ4n) is 7.71. The lowest BCUT2D eigenvalue weighted by Crippen LogP contribution is -2.60. The summed E-state index contributed by atoms with van der Waals surface area (Å²) in [5.74, 6) is -12.0. The smallest absolute Gasteiger partial charge is 0.303 e. The van der Waals surface area contributed by atoms with Gasteiger partial charge in [-0.15, -0.1) is 0 Å². The molecule has 398 valence electrons. The van der Waals surface area contributed by atoms with Gasteiger partial charge in [-0.1, -0.05) is 68.4 Å². The molecular formula is C50H63N9O15. The van der Waals surface area contributed by atoms with Gasteiger partial charge in [-0.25, -0.2) is 0 Å². The van der Waals surface area contributed by atoms with Gasteiger partial charge in [-0.2, -0.15) is 0 Å². The van der Waals surface area contributed by atoms with Crippen LogP contribution in [-0.4, -0.2) is 134 Å². The Bertz CT molecular complexity index is 2490. The number of amides is 9. The number of rotatable bonds is 15. The standard InChI is InChI=1S/C50H63N9O15/c1-27(2)22-36-47(71)57-35(18-21-43(66)67)46(70)55-33(44(51)68)16-19-40(62)53-37(24-29-8-12-31(60)13-9-29)48(72)58-39(25-30-10-14-32(61)15-11-30)50(74)59-38(23-28-6-4-3-5-7-28)49(73)56-34(17-20-42(64)65)45(69)52-26-41(63)54-36/h3-15,27,33-39,60-61H,16-26H2,1-2H3,(H2,51,68)(H,52,69)(H,53,62)(H,54,63)(H,55,70)(H,56,73)(H,57,71)(H,58,72)(H,59,74)(H,64,65)(H,66,67)/t33-,34-,35-,36-,37-,38-,39-/m0/s1. The van der Waals surface area contributed by atoms with E-state index in [-0.39, 0.29) is 43.1 Å². The number of primary amides is 1. The molecule has 0 aromatic heterocycles. The van der Waals surface area contributed by atoms with Gasteiger partial charge in [0.25, 0.3) is 0 Å². The molecule has 7 atom stereocenters. The minimum atomic E-state index is -1.63. The van der Waals surface area contributed by atoms with Crippen molar-refractivity contribution in [2.45, 2.75) is 120 Å². The number of benzene rings is 3. The van der Waals surface area contributed by atoms with Crippen LogP contribution in [0.2, 0.25) is 0 Å². The van der Waals surface area contributed by atoms with Crippen molar-refractivity contribution in [2.24, 2.45) is 11.7 Å². The van der Waals surface area contributed by atoms with Gasteiger partial charge in [-0.3, -0.25) is 52.7 Å². The summed E-state index contributed by atoms with van der Waals surface area (Å²) in [6.07, 6.45) is -4.04. The minimum Gasteiger partial charge on any atom is -0.508 e. The van der Waals surface area contributed by atoms with Crippen molar-refractivity contribution in [1.82, 2.24) is 42.5 Å². The Balaban J connectivity index is 1.81. The second-order valence-corrected chi connectivity index (χ2v) is 18.1. The Labute approximate surface area is 425 Å². The first kappa shape index (κ1) is 58.0. The van der Waals surface area contributed by atoms with Gasteiger partial charge < -0.3 is 68.7 Å². The van der Waals surface area contributed by atoms with Crippen LogP contribution in [-0.2, 0) is 72.0 Å². The maximum absolute atomic E-state index is 14.5. The van der Waals surface area contributed by atoms with Crippen LogP contribution >= 0.6 is 0 Å². The Kier molecular flexibility index (Phi) is 22.3. The van der Waals surface area contributed by atoms with Crippen LogP contribution < -0.4 is 48.3 Å². The number of carbonyl (C=O) groups is 11. The molecule has 0 bridgehead atoms. The van der Waals surface area contributed by atoms with E-state index in [1.807, 2.05) is 0 Å². The first-order valence-electron chi connectivity index (χ1n) is 23.8. The highest BCUT2D eigenvalue weighted by Gasteiger charge is 2.34. The minimum absolute atomic E-state index is 0.0365. The van der Waals surface area contributed by atoms with Gasteiger partial charge in [0.1, 0.15) is 53.8 Å². The molecule has 3 aromatic carbocycles. The number of aromatic hydroxyl groups is 2. The van der Waals surface area contributed by atoms with Crippen molar-refractivity contribution in [1.29, 1.82) is 0 Å². The van der Waals surface area contributed by atoms with E-state index in [0.29, 0.717) is 16.7 Å². The number of hydrogen-bond acceptors (Lipinski definition) is 13. The van der Waals surface area contributed by atoms with Crippen LogP contribution in [0.25, 0.3) is 0 Å². The fourth-order valence-corrected chi connectivity index (χ4v) is 7.71. The van der Waals surface area contributed by atoms with Crippen molar-refractivity contribution in [3.8, 4) is 11.5 Å². The van der Waals surface area contributed by atoms with Crippen molar-refractivity contribution in [3.05, 3.63) is 95.6 Å². The number of carboxylic acids is 2. The van der Waals surface area contributed by atoms with Crippen LogP contribution in [0.3, 0.4) is 0 Å². The number of carbonyl (C=O) groups excluding carboxylic acids is 9. The van der Waals surface area contributed by atoms with E-state index in [0.717, 1.165) is 0 Å². The number of nitrogens with one attached hydrogen (secondary N) is 8. The zero-order chi connectivity index (χ0) is 54.5. The van der Waals surface area contributed by atoms with Crippen molar-refractivity contribution in [2.75, 3.05) is 6.54 Å². The Morgan fingerprint density at radius 2 is 0.905 bits per heavy atom. The number of aliphatic carboxylic acids is 2. The highest BCUT2D eigenvalue weighted by molar-refractivity contribution is 5.98. The van der Waals surface area contributed by atoms with E-state index in [2.05, 4.69) is 42.5 Å². The Morgan fingerprint density at radius 3 is 1.35 bits per heavy atom. The first-order valence-corrected chi connectivity index (χ1v) is 23.8. The average molecular weight is 1030 g/mol. The second-order valence-electron chi connectivity index (χ2n) is 18.1. The summed E-state index contributed by atoms with van der Waals surface area (Å²) in [5, 5.41) is 58.8. The van der Waals surface area contributed by atoms with E-state index >= 15 is 0 Å². The summed E-state index contributed by atoms with van der Waals surface area (Å²) in [6, 6.07) is 8.83. The number of nitrogens with two attached hydrogens (primary N) is 1. The molecule has 0 saturated carbocycles. The molecule has 0 aliphatic carbocycles. The van der Waals surface area contributed by atoms with Gasteiger partial charge in [0.05, 0.1) is 6.54 Å². The zero-order valence-electron chi connectivity index (χ0n) is 40.8. The SMILES string of the molecule is CC(C)C[C@@H]1NC(=O)CNC(=O)[C@H](CCC(=O)O)NC(=O)[C@H](Cc2ccccc2)NC(=O)[C@H](Cc2ccc(O)cc2)NC(=O)[C@H](Cc2ccc(O)cc2)NC(=O)CC[C@@H](C(N)=O)NC(=O)[C@H](CCC(=O)O)NC1=O. The summed E-state index contributed by atoms with van der Waals surface area (Å²) in [7, 11) is 0. The van der Waals surface area contributed by atoms with E-state index in [1.54, 1.807) is 44.2 Å². The maximum atomic E-state index is 14.5. The monoisotopic (exact) mass is 1030 g/mol. The maximum Gasteiger partial charge on any atom is 0.303 e. The lowest BCUT2D eigenvalue weighted by Gasteiger charge is -2.27. The molecule has 0 spiro atoms. The van der Waals surface area contributed by atoms with Crippen LogP contribution in [0.5, 0.6) is 11.5 Å². The number of carboxylic acid groups (broad SMARTS) is 2. The van der Waals surface area contributed by atoms with Crippen molar-refractivity contribution in [3.63, 3.8) is 0 Å². The van der Waals surface area contributed by atoms with E-state index in [1.165, 1.54) is 48.5 Å². The summed E-state index contributed by atoms with van der Waals surface area (Å²) >= 11 is 0. The molecule has 24 heteroatoms. The van der Waals surface area contributed by atoms with Gasteiger partial charge >= 0.3 is 11.9 Å². The molecule has 74 heavy (non-hydrogen) atoms. The summed E-state index contributed by atoms with van der Waals surface area (Å²) in [5.41, 5.74) is 7.00. The van der Waals surface area contributed by atoms with E-state index in [4.69, 9.17) is 5.73 Å². The average Bonchev–Trinajstić information content (AvgIpc) is 3.34. The zero-order valence-corrected chi connectivity index (χ0v) is 40.8. The predicted molar refractivity (Wildman–Crippen MR) is 262 cm³/mol. The number of hydrogen-bond donors (Lipinski definition) is 13. The van der Waals surface area contributed by atoms with Gasteiger partial charge in [-0.05, 0) is 72.6 Å². The molecule has 24 nitrogen and oxygen atoms in total. The number of phenols is 2. The lowest BCUT2D eigenvalue weighted by molar-refractivity contribution is -0.139. The molecular weight excluding hydrogens is 967 g/mol. The largest absolute Gasteiger partial charge is 0.508 e. The van der Waals surface area contributed by atoms with Crippen LogP contribution in [0.1, 0.15) is 75.5 Å². The van der Waals surface area contributed by atoms with E-state index in [9.17, 15) is 73.2 Å². The molecule has 3 aromatic rings. The van der Waals surface area contributed by atoms with Crippen LogP contribution in [0, 0.1) is 5.92 Å². The highest BCUT2D eigenvalue weighted by atomic mass is 16.4. The highest BCUT2D eigenvalue weighted by Crippen LogP contribution is 2.16. The third-order valence-corrected chi connectivity index (χ3v) is 11.6. The summed E-state index contributed by atoms with van der Waals surface area (Å²) in [6.45, 7) is 2.61. The number of phenolic OH excluding ortho intramolecular Hbond substituents is 2. The molecule has 1 heterocycles. The third-order valence-electron chi connectivity index (χ3n) is 11.6. The Morgan fingerprint density at radius 1 is 0.514 bits per heavy atom. The van der Waals surface area contributed by atoms with Crippen LogP contribution in [0.4, 0.5) is 0 Å². The first-order chi connectivity index (χ1) is 35.1. The summed E-state index contributed by atoms with van der Waals surface area (Å²) < 4.78 is 0. The third kappa shape index (κ3) is 19.9. The molecule has 1 saturated heterocycles. The van der Waals surface area contributed by atoms with Gasteiger partial charge in [0.2, 0.25) is 53.2 Å². The molecule has 1 aliphatic rings. The fraction of sp³-hybridized carbons (Fsp3) is 0.420. The van der Waals surface area contributed by atoms with Crippen molar-refractivity contribution >= 4 is 65.1 Å².